The van der Waals surface area contributed by atoms with Crippen molar-refractivity contribution in [3.8, 4) is 0 Å². The number of halogens is 3. The lowest BCUT2D eigenvalue weighted by atomic mass is 10.3. The molecule has 1 aromatic rings. The van der Waals surface area contributed by atoms with Gasteiger partial charge in [0.05, 0.1) is 0 Å². The molecule has 0 atom stereocenters. The number of hydrogen-bond donors (Lipinski definition) is 1. The van der Waals surface area contributed by atoms with E-state index in [4.69, 9.17) is 0 Å². The van der Waals surface area contributed by atoms with E-state index < -0.39 is 4.71 Å². The Hall–Kier alpha value is -0.480. The summed E-state index contributed by atoms with van der Waals surface area (Å²) in [5.74, 6) is 0. The number of nitrogens with one attached hydrogen (secondary N) is 1. The van der Waals surface area contributed by atoms with Crippen LogP contribution in [0, 0.1) is 0 Å². The monoisotopic (exact) mass is 209 g/mol. The topological polar surface area (TPSA) is 12.0 Å². The highest BCUT2D eigenvalue weighted by atomic mass is 35.5. The highest BCUT2D eigenvalue weighted by Gasteiger charge is 2.25. The fourth-order valence-corrected chi connectivity index (χ4v) is 1.11. The predicted molar refractivity (Wildman–Crippen MR) is 48.5 cm³/mol. The fraction of sp³-hybridized carbons (Fsp3) is 0.143. The van der Waals surface area contributed by atoms with Crippen LogP contribution in [0.5, 0.6) is 0 Å². The molecule has 0 aliphatic rings. The van der Waals surface area contributed by atoms with Crippen molar-refractivity contribution in [3.63, 3.8) is 0 Å². The Bertz CT molecular complexity index is 237. The third kappa shape index (κ3) is 3.78. The molecule has 0 spiro atoms. The van der Waals surface area contributed by atoms with Crippen LogP contribution in [0.15, 0.2) is 30.3 Å². The molecule has 1 rings (SSSR count). The summed E-state index contributed by atoms with van der Waals surface area (Å²) in [4.78, 5) is 0. The van der Waals surface area contributed by atoms with Gasteiger partial charge in [-0.2, -0.15) is 8.78 Å². The molecule has 0 aliphatic carbocycles. The van der Waals surface area contributed by atoms with Crippen LogP contribution in [0.3, 0.4) is 0 Å². The maximum absolute atomic E-state index is 12.1. The molecule has 1 N–H and O–H groups in total. The van der Waals surface area contributed by atoms with E-state index in [1.807, 2.05) is 0 Å². The van der Waals surface area contributed by atoms with Gasteiger partial charge in [-0.1, -0.05) is 18.2 Å². The first-order valence-electron chi connectivity index (χ1n) is 3.14. The Morgan fingerprint density at radius 2 is 1.83 bits per heavy atom. The summed E-state index contributed by atoms with van der Waals surface area (Å²) >= 11 is 4.82. The van der Waals surface area contributed by atoms with Gasteiger partial charge in [0.1, 0.15) is 0 Å². The van der Waals surface area contributed by atoms with Gasteiger partial charge in [0, 0.05) is 17.6 Å². The standard InChI is InChI=1S/C7H6ClF2NS/c8-7(9,10)12-11-6-4-2-1-3-5-6/h1-5,11H. The van der Waals surface area contributed by atoms with E-state index >= 15 is 0 Å². The first-order valence-corrected chi connectivity index (χ1v) is 4.33. The molecule has 0 amide bonds. The molecule has 0 bridgehead atoms. The number of benzene rings is 1. The van der Waals surface area contributed by atoms with Crippen LogP contribution < -0.4 is 4.72 Å². The van der Waals surface area contributed by atoms with Crippen LogP contribution in [-0.2, 0) is 0 Å². The fourth-order valence-electron chi connectivity index (χ4n) is 0.623. The zero-order valence-corrected chi connectivity index (χ0v) is 7.50. The first-order chi connectivity index (χ1) is 5.58. The average molecular weight is 210 g/mol. The zero-order valence-electron chi connectivity index (χ0n) is 5.93. The summed E-state index contributed by atoms with van der Waals surface area (Å²) in [5.41, 5.74) is 0.600. The molecule has 12 heavy (non-hydrogen) atoms. The lowest BCUT2D eigenvalue weighted by molar-refractivity contribution is 0.203. The summed E-state index contributed by atoms with van der Waals surface area (Å²) in [5, 5.41) is 0. The molecular weight excluding hydrogens is 204 g/mol. The van der Waals surface area contributed by atoms with Crippen LogP contribution in [0.1, 0.15) is 0 Å². The summed E-state index contributed by atoms with van der Waals surface area (Å²) in [7, 11) is 0. The van der Waals surface area contributed by atoms with E-state index in [0.29, 0.717) is 5.69 Å². The van der Waals surface area contributed by atoms with Crippen LogP contribution in [-0.4, -0.2) is 4.71 Å². The number of rotatable bonds is 3. The van der Waals surface area contributed by atoms with Gasteiger partial charge in [-0.15, -0.1) is 0 Å². The minimum atomic E-state index is -3.27. The van der Waals surface area contributed by atoms with Gasteiger partial charge in [-0.05, 0) is 23.7 Å². The quantitative estimate of drug-likeness (QED) is 0.604. The normalized spacial score (nSPS) is 11.2. The van der Waals surface area contributed by atoms with E-state index in [-0.39, 0.29) is 11.9 Å². The van der Waals surface area contributed by atoms with E-state index in [9.17, 15) is 8.78 Å². The molecule has 0 radical (unpaired) electrons. The van der Waals surface area contributed by atoms with E-state index in [1.54, 1.807) is 30.3 Å². The van der Waals surface area contributed by atoms with Crippen molar-refractivity contribution in [2.75, 3.05) is 4.72 Å². The Morgan fingerprint density at radius 1 is 1.25 bits per heavy atom. The van der Waals surface area contributed by atoms with Gasteiger partial charge in [0.25, 0.3) is 0 Å². The SMILES string of the molecule is FC(F)(Cl)SNc1ccccc1. The van der Waals surface area contributed by atoms with Gasteiger partial charge in [0.2, 0.25) is 0 Å². The maximum Gasteiger partial charge on any atom is 0.389 e. The van der Waals surface area contributed by atoms with Crippen LogP contribution in [0.25, 0.3) is 0 Å². The zero-order chi connectivity index (χ0) is 9.03. The number of para-hydroxylation sites is 1. The molecule has 5 heteroatoms. The smallest absolute Gasteiger partial charge is 0.324 e. The molecule has 1 aromatic carbocycles. The van der Waals surface area contributed by atoms with E-state index in [0.717, 1.165) is 0 Å². The predicted octanol–water partition coefficient (Wildman–Crippen LogP) is 3.54. The summed E-state index contributed by atoms with van der Waals surface area (Å²) in [6, 6.07) is 8.64. The van der Waals surface area contributed by atoms with Crippen molar-refractivity contribution < 1.29 is 8.78 Å². The second kappa shape index (κ2) is 3.96. The van der Waals surface area contributed by atoms with Crippen molar-refractivity contribution in [2.45, 2.75) is 4.71 Å². The third-order valence-corrected chi connectivity index (χ3v) is 1.86. The van der Waals surface area contributed by atoms with Gasteiger partial charge >= 0.3 is 4.71 Å². The summed E-state index contributed by atoms with van der Waals surface area (Å²) in [6.45, 7) is 0. The summed E-state index contributed by atoms with van der Waals surface area (Å²) in [6.07, 6.45) is 0. The number of alkyl halides is 3. The van der Waals surface area contributed by atoms with Crippen molar-refractivity contribution in [1.29, 1.82) is 0 Å². The highest BCUT2D eigenvalue weighted by molar-refractivity contribution is 8.02. The van der Waals surface area contributed by atoms with Crippen LogP contribution in [0.4, 0.5) is 14.5 Å². The van der Waals surface area contributed by atoms with Crippen molar-refractivity contribution in [1.82, 2.24) is 0 Å². The first kappa shape index (κ1) is 9.61. The van der Waals surface area contributed by atoms with Crippen LogP contribution in [0.2, 0.25) is 0 Å². The Labute approximate surface area is 78.2 Å². The molecule has 66 valence electrons. The number of hydrogen-bond acceptors (Lipinski definition) is 2. The lowest BCUT2D eigenvalue weighted by Gasteiger charge is -2.08. The lowest BCUT2D eigenvalue weighted by Crippen LogP contribution is -2.02. The van der Waals surface area contributed by atoms with Crippen molar-refractivity contribution in [3.05, 3.63) is 30.3 Å². The van der Waals surface area contributed by atoms with Gasteiger partial charge in [-0.25, -0.2) is 0 Å². The van der Waals surface area contributed by atoms with E-state index in [1.165, 1.54) is 0 Å². The van der Waals surface area contributed by atoms with Crippen molar-refractivity contribution in [2.24, 2.45) is 0 Å². The molecule has 0 aromatic heterocycles. The maximum atomic E-state index is 12.1. The molecule has 0 saturated heterocycles. The molecule has 0 aliphatic heterocycles. The largest absolute Gasteiger partial charge is 0.389 e. The van der Waals surface area contributed by atoms with Crippen LogP contribution >= 0.6 is 23.5 Å². The molecule has 0 saturated carbocycles. The second-order valence-corrected chi connectivity index (χ2v) is 3.64. The van der Waals surface area contributed by atoms with E-state index in [2.05, 4.69) is 16.3 Å². The molecular formula is C7H6ClF2NS. The molecule has 0 unspecified atom stereocenters. The van der Waals surface area contributed by atoms with Gasteiger partial charge in [0.15, 0.2) is 0 Å². The second-order valence-electron chi connectivity index (χ2n) is 2.02. The third-order valence-electron chi connectivity index (χ3n) is 1.06. The molecule has 0 heterocycles. The minimum absolute atomic E-state index is 0.169. The molecule has 1 nitrogen and oxygen atoms in total. The Balaban J connectivity index is 2.44. The Kier molecular flexibility index (Phi) is 3.17. The Morgan fingerprint density at radius 3 is 2.33 bits per heavy atom. The highest BCUT2D eigenvalue weighted by Crippen LogP contribution is 2.33. The summed E-state index contributed by atoms with van der Waals surface area (Å²) < 4.78 is 23.3. The number of anilines is 1. The average Bonchev–Trinajstić information content (AvgIpc) is 2.02. The molecule has 0 fully saturated rings. The van der Waals surface area contributed by atoms with Gasteiger partial charge < -0.3 is 4.72 Å². The van der Waals surface area contributed by atoms with Gasteiger partial charge in [-0.3, -0.25) is 0 Å². The van der Waals surface area contributed by atoms with Crippen molar-refractivity contribution >= 4 is 29.2 Å². The minimum Gasteiger partial charge on any atom is -0.324 e.